The summed E-state index contributed by atoms with van der Waals surface area (Å²) in [4.78, 5) is 31.5. The van der Waals surface area contributed by atoms with Gasteiger partial charge in [-0.1, -0.05) is 32.0 Å². The number of esters is 1. The highest BCUT2D eigenvalue weighted by Gasteiger charge is 2.71. The van der Waals surface area contributed by atoms with Crippen molar-refractivity contribution in [1.82, 2.24) is 4.98 Å². The fraction of sp³-hybridized carbons (Fsp3) is 0.410. The molecular weight excluding hydrogens is 648 g/mol. The third-order valence-corrected chi connectivity index (χ3v) is 11.8. The molecule has 2 aromatic heterocycles. The van der Waals surface area contributed by atoms with Crippen LogP contribution in [0.25, 0.3) is 11.3 Å². The molecule has 1 saturated heterocycles. The molecule has 3 fully saturated rings. The summed E-state index contributed by atoms with van der Waals surface area (Å²) in [5.41, 5.74) is -2.39. The molecule has 50 heavy (non-hydrogen) atoms. The number of carbonyl (C=O) groups excluding carboxylic acids is 1. The van der Waals surface area contributed by atoms with E-state index in [0.717, 1.165) is 0 Å². The number of hydrogen-bond donors (Lipinski definition) is 1. The minimum Gasteiger partial charge on any atom is -0.482 e. The number of rotatable bonds is 4. The van der Waals surface area contributed by atoms with E-state index in [2.05, 4.69) is 18.8 Å². The number of carbonyl (C=O) groups is 1. The Kier molecular flexibility index (Phi) is 7.74. The first kappa shape index (κ1) is 32.7. The van der Waals surface area contributed by atoms with Crippen LogP contribution in [0.3, 0.4) is 0 Å². The van der Waals surface area contributed by atoms with Gasteiger partial charge in [0, 0.05) is 40.9 Å². The fourth-order valence-electron chi connectivity index (χ4n) is 9.47. The van der Waals surface area contributed by atoms with Crippen molar-refractivity contribution in [2.75, 3.05) is 6.61 Å². The highest BCUT2D eigenvalue weighted by atomic mass is 19.1. The van der Waals surface area contributed by atoms with E-state index < -0.39 is 64.1 Å². The minimum absolute atomic E-state index is 0.00589. The van der Waals surface area contributed by atoms with Crippen molar-refractivity contribution in [2.45, 2.75) is 70.2 Å². The van der Waals surface area contributed by atoms with Gasteiger partial charge >= 0.3 is 11.6 Å². The van der Waals surface area contributed by atoms with Crippen LogP contribution in [0.2, 0.25) is 0 Å². The molecule has 2 aliphatic heterocycles. The lowest BCUT2D eigenvalue weighted by Gasteiger charge is -2.67. The van der Waals surface area contributed by atoms with Crippen LogP contribution < -0.4 is 10.4 Å². The van der Waals surface area contributed by atoms with Gasteiger partial charge in [-0.25, -0.2) is 18.4 Å². The quantitative estimate of drug-likeness (QED) is 0.228. The average Bonchev–Trinajstić information content (AvgIpc) is 3.09. The van der Waals surface area contributed by atoms with E-state index in [4.69, 9.17) is 23.4 Å². The maximum absolute atomic E-state index is 14.8. The molecule has 0 amide bonds. The van der Waals surface area contributed by atoms with Crippen molar-refractivity contribution in [3.05, 3.63) is 118 Å². The largest absolute Gasteiger partial charge is 0.482 e. The van der Waals surface area contributed by atoms with Gasteiger partial charge in [0.05, 0.1) is 24.4 Å². The SMILES string of the molecule is C[C@]12CC[C@@H]3O[C@H](c4ccccc4F)OC[C@@]3(C)C1C[C@H](OC(=O)c1ccc(F)cc1)[C@@]1(C)Oc3cc(-c4cccnc4)oc(=O)c3C(O)C21. The minimum atomic E-state index is -1.35. The molecule has 9 atom stereocenters. The molecule has 4 aromatic rings. The van der Waals surface area contributed by atoms with Gasteiger partial charge in [-0.15, -0.1) is 0 Å². The Bertz CT molecular complexity index is 2010. The molecule has 0 radical (unpaired) electrons. The number of hydrogen-bond acceptors (Lipinski definition) is 9. The van der Waals surface area contributed by atoms with Crippen LogP contribution in [0.15, 0.2) is 88.3 Å². The van der Waals surface area contributed by atoms with E-state index in [1.165, 1.54) is 30.3 Å². The van der Waals surface area contributed by atoms with Crippen molar-refractivity contribution in [1.29, 1.82) is 0 Å². The number of fused-ring (bicyclic) bond motifs is 6. The van der Waals surface area contributed by atoms with Gasteiger partial charge in [-0.3, -0.25) is 4.98 Å². The maximum atomic E-state index is 14.8. The molecule has 1 N–H and O–H groups in total. The average molecular weight is 686 g/mol. The van der Waals surface area contributed by atoms with Crippen LogP contribution in [0.1, 0.15) is 73.9 Å². The third kappa shape index (κ3) is 5.00. The second kappa shape index (κ2) is 11.8. The summed E-state index contributed by atoms with van der Waals surface area (Å²) in [5, 5.41) is 12.3. The van der Waals surface area contributed by atoms with E-state index in [0.29, 0.717) is 30.4 Å². The van der Waals surface area contributed by atoms with Gasteiger partial charge in [0.1, 0.15) is 40.4 Å². The molecule has 2 saturated carbocycles. The Morgan fingerprint density at radius 1 is 1.02 bits per heavy atom. The summed E-state index contributed by atoms with van der Waals surface area (Å²) in [6.45, 7) is 6.15. The Balaban J connectivity index is 1.21. The molecule has 3 unspecified atom stereocenters. The molecule has 260 valence electrons. The van der Waals surface area contributed by atoms with Crippen LogP contribution in [0.4, 0.5) is 8.78 Å². The third-order valence-electron chi connectivity index (χ3n) is 11.8. The first-order valence-electron chi connectivity index (χ1n) is 16.9. The molecule has 8 rings (SSSR count). The lowest BCUT2D eigenvalue weighted by atomic mass is 9.42. The maximum Gasteiger partial charge on any atom is 0.345 e. The molecule has 2 aromatic carbocycles. The first-order chi connectivity index (χ1) is 23.9. The van der Waals surface area contributed by atoms with Crippen LogP contribution >= 0.6 is 0 Å². The van der Waals surface area contributed by atoms with Crippen molar-refractivity contribution >= 4 is 5.97 Å². The first-order valence-corrected chi connectivity index (χ1v) is 16.9. The number of aromatic nitrogens is 1. The zero-order chi connectivity index (χ0) is 35.0. The van der Waals surface area contributed by atoms with Gasteiger partial charge in [-0.05, 0) is 80.0 Å². The number of halogens is 2. The zero-order valence-electron chi connectivity index (χ0n) is 27.8. The van der Waals surface area contributed by atoms with Crippen LogP contribution in [0, 0.1) is 34.3 Å². The highest BCUT2D eigenvalue weighted by molar-refractivity contribution is 5.89. The van der Waals surface area contributed by atoms with Crippen LogP contribution in [-0.4, -0.2) is 40.5 Å². The molecule has 2 aliphatic carbocycles. The molecule has 4 heterocycles. The lowest BCUT2D eigenvalue weighted by molar-refractivity contribution is -0.330. The topological polar surface area (TPSA) is 117 Å². The summed E-state index contributed by atoms with van der Waals surface area (Å²) in [7, 11) is 0. The zero-order valence-corrected chi connectivity index (χ0v) is 27.8. The van der Waals surface area contributed by atoms with Gasteiger partial charge in [-0.2, -0.15) is 0 Å². The summed E-state index contributed by atoms with van der Waals surface area (Å²) in [6.07, 6.45) is 1.07. The van der Waals surface area contributed by atoms with E-state index in [1.54, 1.807) is 48.8 Å². The number of benzene rings is 2. The van der Waals surface area contributed by atoms with E-state index in [1.807, 2.05) is 6.92 Å². The fourth-order valence-corrected chi connectivity index (χ4v) is 9.47. The molecular formula is C39H37F2NO8. The monoisotopic (exact) mass is 685 g/mol. The van der Waals surface area contributed by atoms with E-state index >= 15 is 0 Å². The van der Waals surface area contributed by atoms with Crippen LogP contribution in [-0.2, 0) is 14.2 Å². The Hall–Kier alpha value is -4.45. The van der Waals surface area contributed by atoms with E-state index in [9.17, 15) is 23.5 Å². The predicted molar refractivity (Wildman–Crippen MR) is 175 cm³/mol. The Labute approximate surface area is 287 Å². The number of aliphatic hydroxyl groups is 1. The van der Waals surface area contributed by atoms with Gasteiger partial charge in [0.25, 0.3) is 0 Å². The molecule has 0 spiro atoms. The lowest BCUT2D eigenvalue weighted by Crippen LogP contribution is -2.72. The van der Waals surface area contributed by atoms with Crippen molar-refractivity contribution < 1.29 is 42.0 Å². The molecule has 11 heteroatoms. The standard InChI is InChI=1S/C39H37F2NO8/c1-37-15-14-29-38(2,20-46-36(49-29)24-8-4-5-9-25(24)41)28(37)18-30(48-34(44)21-10-12-23(40)13-11-21)39(3)33(37)32(43)31-27(50-39)17-26(47-35(31)45)22-7-6-16-42-19-22/h4-13,16-17,19,28-30,32-33,36,43H,14-15,18,20H2,1-3H3/t28?,29-,30-,32?,33?,36+,37-,38-,39+/m0/s1. The van der Waals surface area contributed by atoms with Crippen LogP contribution in [0.5, 0.6) is 5.75 Å². The number of nitrogens with zero attached hydrogens (tertiary/aromatic N) is 1. The Morgan fingerprint density at radius 2 is 1.80 bits per heavy atom. The van der Waals surface area contributed by atoms with Crippen molar-refractivity contribution in [2.24, 2.45) is 22.7 Å². The number of pyridine rings is 1. The van der Waals surface area contributed by atoms with Crippen molar-refractivity contribution in [3.8, 4) is 17.1 Å². The molecule has 9 nitrogen and oxygen atoms in total. The summed E-state index contributed by atoms with van der Waals surface area (Å²) in [6, 6.07) is 16.5. The normalized spacial score (nSPS) is 34.3. The predicted octanol–water partition coefficient (Wildman–Crippen LogP) is 6.95. The number of ether oxygens (including phenoxy) is 4. The highest BCUT2D eigenvalue weighted by Crippen LogP contribution is 2.68. The van der Waals surface area contributed by atoms with Gasteiger partial charge < -0.3 is 28.5 Å². The summed E-state index contributed by atoms with van der Waals surface area (Å²) < 4.78 is 60.1. The molecule has 4 aliphatic rings. The van der Waals surface area contributed by atoms with Crippen molar-refractivity contribution in [3.63, 3.8) is 0 Å². The summed E-state index contributed by atoms with van der Waals surface area (Å²) in [5.74, 6) is -2.28. The second-order valence-corrected chi connectivity index (χ2v) is 14.7. The number of aliphatic hydroxyl groups excluding tert-OH is 1. The summed E-state index contributed by atoms with van der Waals surface area (Å²) >= 11 is 0. The Morgan fingerprint density at radius 3 is 2.54 bits per heavy atom. The van der Waals surface area contributed by atoms with E-state index in [-0.39, 0.29) is 41.3 Å². The second-order valence-electron chi connectivity index (χ2n) is 14.7. The van der Waals surface area contributed by atoms with Gasteiger partial charge in [0.15, 0.2) is 6.29 Å². The van der Waals surface area contributed by atoms with Gasteiger partial charge in [0.2, 0.25) is 0 Å². The smallest absolute Gasteiger partial charge is 0.345 e. The molecule has 0 bridgehead atoms.